The predicted octanol–water partition coefficient (Wildman–Crippen LogP) is 2.97. The zero-order valence-corrected chi connectivity index (χ0v) is 9.84. The fourth-order valence-corrected chi connectivity index (χ4v) is 1.29. The van der Waals surface area contributed by atoms with Crippen molar-refractivity contribution in [1.82, 2.24) is 5.32 Å². The van der Waals surface area contributed by atoms with E-state index in [1.54, 1.807) is 6.07 Å². The SMILES string of the molecule is CC(C)NCc1cc(F)cc(OCC(F)F)c1. The first kappa shape index (κ1) is 13.8. The van der Waals surface area contributed by atoms with Crippen LogP contribution in [-0.2, 0) is 6.54 Å². The molecule has 1 aromatic rings. The summed E-state index contributed by atoms with van der Waals surface area (Å²) in [6, 6.07) is 4.27. The molecule has 0 spiro atoms. The van der Waals surface area contributed by atoms with Crippen molar-refractivity contribution in [1.29, 1.82) is 0 Å². The van der Waals surface area contributed by atoms with Gasteiger partial charge in [-0.15, -0.1) is 0 Å². The number of benzene rings is 1. The zero-order valence-electron chi connectivity index (χ0n) is 9.84. The van der Waals surface area contributed by atoms with Gasteiger partial charge in [0.05, 0.1) is 0 Å². The fraction of sp³-hybridized carbons (Fsp3) is 0.500. The van der Waals surface area contributed by atoms with Crippen molar-refractivity contribution in [2.24, 2.45) is 0 Å². The van der Waals surface area contributed by atoms with Crippen molar-refractivity contribution < 1.29 is 17.9 Å². The molecule has 17 heavy (non-hydrogen) atoms. The Morgan fingerprint density at radius 3 is 2.53 bits per heavy atom. The van der Waals surface area contributed by atoms with Crippen molar-refractivity contribution in [3.05, 3.63) is 29.6 Å². The summed E-state index contributed by atoms with van der Waals surface area (Å²) in [6.07, 6.45) is -2.56. The van der Waals surface area contributed by atoms with E-state index in [1.807, 2.05) is 13.8 Å². The van der Waals surface area contributed by atoms with Crippen molar-refractivity contribution in [3.8, 4) is 5.75 Å². The Balaban J connectivity index is 2.65. The number of ether oxygens (including phenoxy) is 1. The highest BCUT2D eigenvalue weighted by Gasteiger charge is 2.06. The summed E-state index contributed by atoms with van der Waals surface area (Å²) in [5, 5.41) is 3.11. The lowest BCUT2D eigenvalue weighted by Gasteiger charge is -2.10. The fourth-order valence-electron chi connectivity index (χ4n) is 1.29. The van der Waals surface area contributed by atoms with E-state index in [9.17, 15) is 13.2 Å². The van der Waals surface area contributed by atoms with Crippen LogP contribution in [0.1, 0.15) is 19.4 Å². The minimum atomic E-state index is -2.56. The smallest absolute Gasteiger partial charge is 0.272 e. The minimum absolute atomic E-state index is 0.130. The van der Waals surface area contributed by atoms with Crippen molar-refractivity contribution >= 4 is 0 Å². The molecule has 0 aliphatic heterocycles. The van der Waals surface area contributed by atoms with E-state index in [0.717, 1.165) is 6.07 Å². The second-order valence-electron chi connectivity index (χ2n) is 4.03. The van der Waals surface area contributed by atoms with Crippen molar-refractivity contribution in [3.63, 3.8) is 0 Å². The lowest BCUT2D eigenvalue weighted by atomic mass is 10.2. The average Bonchev–Trinajstić information content (AvgIpc) is 2.23. The molecule has 1 N–H and O–H groups in total. The molecule has 0 fully saturated rings. The Bertz CT molecular complexity index is 325. The van der Waals surface area contributed by atoms with Crippen LogP contribution in [0.15, 0.2) is 18.2 Å². The number of nitrogens with one attached hydrogen (secondary N) is 1. The highest BCUT2D eigenvalue weighted by molar-refractivity contribution is 5.29. The first-order chi connectivity index (χ1) is 7.97. The summed E-state index contributed by atoms with van der Waals surface area (Å²) in [4.78, 5) is 0. The molecule has 1 rings (SSSR count). The Morgan fingerprint density at radius 2 is 1.94 bits per heavy atom. The van der Waals surface area contributed by atoms with Crippen LogP contribution >= 0.6 is 0 Å². The second-order valence-corrected chi connectivity index (χ2v) is 4.03. The average molecular weight is 247 g/mol. The topological polar surface area (TPSA) is 21.3 Å². The van der Waals surface area contributed by atoms with Crippen LogP contribution < -0.4 is 10.1 Å². The molecular weight excluding hydrogens is 231 g/mol. The van der Waals surface area contributed by atoms with Crippen molar-refractivity contribution in [2.75, 3.05) is 6.61 Å². The quantitative estimate of drug-likeness (QED) is 0.834. The van der Waals surface area contributed by atoms with E-state index < -0.39 is 18.8 Å². The van der Waals surface area contributed by atoms with E-state index in [1.165, 1.54) is 6.07 Å². The molecule has 0 unspecified atom stereocenters. The van der Waals surface area contributed by atoms with E-state index >= 15 is 0 Å². The van der Waals surface area contributed by atoms with Gasteiger partial charge < -0.3 is 10.1 Å². The predicted molar refractivity (Wildman–Crippen MR) is 59.9 cm³/mol. The third kappa shape index (κ3) is 5.58. The molecule has 0 aliphatic rings. The van der Waals surface area contributed by atoms with Gasteiger partial charge in [-0.3, -0.25) is 0 Å². The number of hydrogen-bond acceptors (Lipinski definition) is 2. The van der Waals surface area contributed by atoms with Gasteiger partial charge in [0.25, 0.3) is 6.43 Å². The van der Waals surface area contributed by atoms with E-state index in [4.69, 9.17) is 4.74 Å². The third-order valence-corrected chi connectivity index (χ3v) is 2.02. The van der Waals surface area contributed by atoms with Crippen LogP contribution in [-0.4, -0.2) is 19.1 Å². The summed E-state index contributed by atoms with van der Waals surface area (Å²) in [6.45, 7) is 3.68. The lowest BCUT2D eigenvalue weighted by Crippen LogP contribution is -2.21. The molecule has 96 valence electrons. The van der Waals surface area contributed by atoms with Crippen LogP contribution in [0.3, 0.4) is 0 Å². The molecule has 0 heterocycles. The van der Waals surface area contributed by atoms with Gasteiger partial charge in [0.2, 0.25) is 0 Å². The Hall–Kier alpha value is -1.23. The molecule has 2 nitrogen and oxygen atoms in total. The van der Waals surface area contributed by atoms with Gasteiger partial charge in [-0.25, -0.2) is 13.2 Å². The first-order valence-electron chi connectivity index (χ1n) is 5.41. The largest absolute Gasteiger partial charge is 0.488 e. The molecule has 0 saturated carbocycles. The van der Waals surface area contributed by atoms with E-state index in [2.05, 4.69) is 5.32 Å². The maximum Gasteiger partial charge on any atom is 0.272 e. The Kier molecular flexibility index (Phi) is 5.28. The summed E-state index contributed by atoms with van der Waals surface area (Å²) < 4.78 is 41.8. The third-order valence-electron chi connectivity index (χ3n) is 2.02. The maximum absolute atomic E-state index is 13.2. The van der Waals surface area contributed by atoms with Crippen molar-refractivity contribution in [2.45, 2.75) is 32.9 Å². The molecule has 0 aromatic heterocycles. The van der Waals surface area contributed by atoms with Crippen LogP contribution in [0.25, 0.3) is 0 Å². The van der Waals surface area contributed by atoms with Gasteiger partial charge >= 0.3 is 0 Å². The monoisotopic (exact) mass is 247 g/mol. The van der Waals surface area contributed by atoms with Gasteiger partial charge in [-0.05, 0) is 17.7 Å². The molecule has 1 aromatic carbocycles. The van der Waals surface area contributed by atoms with Gasteiger partial charge in [-0.2, -0.15) is 0 Å². The van der Waals surface area contributed by atoms with Crippen LogP contribution in [0.2, 0.25) is 0 Å². The number of halogens is 3. The molecule has 0 amide bonds. The highest BCUT2D eigenvalue weighted by atomic mass is 19.3. The summed E-state index contributed by atoms with van der Waals surface area (Å²) in [7, 11) is 0. The highest BCUT2D eigenvalue weighted by Crippen LogP contribution is 2.17. The number of alkyl halides is 2. The molecule has 0 saturated heterocycles. The second kappa shape index (κ2) is 6.49. The molecular formula is C12H16F3NO. The van der Waals surface area contributed by atoms with E-state index in [-0.39, 0.29) is 11.8 Å². The van der Waals surface area contributed by atoms with Crippen LogP contribution in [0, 0.1) is 5.82 Å². The molecule has 5 heteroatoms. The summed E-state index contributed by atoms with van der Waals surface area (Å²) >= 11 is 0. The normalized spacial score (nSPS) is 11.2. The van der Waals surface area contributed by atoms with Gasteiger partial charge in [0.15, 0.2) is 0 Å². The number of hydrogen-bond donors (Lipinski definition) is 1. The van der Waals surface area contributed by atoms with Crippen LogP contribution in [0.4, 0.5) is 13.2 Å². The van der Waals surface area contributed by atoms with Crippen LogP contribution in [0.5, 0.6) is 5.75 Å². The standard InChI is InChI=1S/C12H16F3NO/c1-8(2)16-6-9-3-10(13)5-11(4-9)17-7-12(14)15/h3-5,8,12,16H,6-7H2,1-2H3. The number of rotatable bonds is 6. The van der Waals surface area contributed by atoms with E-state index in [0.29, 0.717) is 12.1 Å². The molecule has 0 radical (unpaired) electrons. The maximum atomic E-state index is 13.2. The summed E-state index contributed by atoms with van der Waals surface area (Å²) in [5.74, 6) is -0.358. The first-order valence-corrected chi connectivity index (χ1v) is 5.41. The Labute approximate surface area is 98.8 Å². The molecule has 0 atom stereocenters. The molecule has 0 bridgehead atoms. The van der Waals surface area contributed by atoms with Gasteiger partial charge in [0, 0.05) is 18.7 Å². The minimum Gasteiger partial charge on any atom is -0.488 e. The zero-order chi connectivity index (χ0) is 12.8. The summed E-state index contributed by atoms with van der Waals surface area (Å²) in [5.41, 5.74) is 0.669. The Morgan fingerprint density at radius 1 is 1.24 bits per heavy atom. The van der Waals surface area contributed by atoms with Gasteiger partial charge in [0.1, 0.15) is 18.2 Å². The molecule has 0 aliphatic carbocycles. The lowest BCUT2D eigenvalue weighted by molar-refractivity contribution is 0.0817. The van der Waals surface area contributed by atoms with Gasteiger partial charge in [-0.1, -0.05) is 13.8 Å².